The molecule has 0 atom stereocenters. The zero-order valence-corrected chi connectivity index (χ0v) is 18.3. The molecular weight excluding hydrogens is 412 g/mol. The molecule has 0 radical (unpaired) electrons. The van der Waals surface area contributed by atoms with Crippen LogP contribution in [0.2, 0.25) is 0 Å². The van der Waals surface area contributed by atoms with E-state index < -0.39 is 0 Å². The summed E-state index contributed by atoms with van der Waals surface area (Å²) in [6.07, 6.45) is 1.39. The average molecular weight is 434 g/mol. The molecule has 0 amide bonds. The molecule has 3 aromatic carbocycles. The van der Waals surface area contributed by atoms with Crippen molar-refractivity contribution >= 4 is 11.2 Å². The summed E-state index contributed by atoms with van der Waals surface area (Å²) < 4.78 is 2.37. The third-order valence-electron chi connectivity index (χ3n) is 6.88. The van der Waals surface area contributed by atoms with Gasteiger partial charge in [0.05, 0.1) is 6.33 Å². The van der Waals surface area contributed by atoms with Gasteiger partial charge < -0.3 is 4.98 Å². The summed E-state index contributed by atoms with van der Waals surface area (Å²) in [4.78, 5) is 29.4. The summed E-state index contributed by atoms with van der Waals surface area (Å²) in [6.45, 7) is 0. The van der Waals surface area contributed by atoms with E-state index in [-0.39, 0.29) is 11.2 Å². The van der Waals surface area contributed by atoms with Crippen LogP contribution in [0, 0.1) is 0 Å². The predicted molar refractivity (Wildman–Crippen MR) is 128 cm³/mol. The Balaban J connectivity index is 0.000000138. The maximum absolute atomic E-state index is 11.4. The Morgan fingerprint density at radius 2 is 1.06 bits per heavy atom. The lowest BCUT2D eigenvalue weighted by Gasteiger charge is -2.42. The lowest BCUT2D eigenvalue weighted by molar-refractivity contribution is 0.709. The fourth-order valence-electron chi connectivity index (χ4n) is 5.38. The lowest BCUT2D eigenvalue weighted by atomic mass is 9.61. The molecule has 0 saturated carbocycles. The second-order valence-electron chi connectivity index (χ2n) is 8.56. The van der Waals surface area contributed by atoms with E-state index in [0.717, 1.165) is 4.57 Å². The summed E-state index contributed by atoms with van der Waals surface area (Å²) in [5.41, 5.74) is 8.98. The van der Waals surface area contributed by atoms with Crippen molar-refractivity contribution in [1.82, 2.24) is 19.1 Å². The smallest absolute Gasteiger partial charge is 0.332 e. The average Bonchev–Trinajstić information content (AvgIpc) is 3.37. The Bertz CT molecular complexity index is 1480. The van der Waals surface area contributed by atoms with E-state index in [2.05, 4.69) is 82.8 Å². The maximum Gasteiger partial charge on any atom is 0.332 e. The van der Waals surface area contributed by atoms with Crippen LogP contribution in [0.1, 0.15) is 45.2 Å². The second-order valence-corrected chi connectivity index (χ2v) is 8.56. The van der Waals surface area contributed by atoms with Gasteiger partial charge in [0, 0.05) is 25.9 Å². The van der Waals surface area contributed by atoms with Crippen LogP contribution in [0.15, 0.2) is 88.7 Å². The number of fused-ring (bicyclic) bond motifs is 1. The van der Waals surface area contributed by atoms with Crippen molar-refractivity contribution in [2.75, 3.05) is 0 Å². The lowest BCUT2D eigenvalue weighted by Crippen LogP contribution is -2.36. The molecule has 6 nitrogen and oxygen atoms in total. The number of rotatable bonds is 0. The van der Waals surface area contributed by atoms with Gasteiger partial charge in [-0.3, -0.25) is 13.9 Å². The minimum absolute atomic E-state index is 0.351. The van der Waals surface area contributed by atoms with Gasteiger partial charge in [-0.25, -0.2) is 9.78 Å². The largest absolute Gasteiger partial charge is 0.339 e. The first kappa shape index (κ1) is 19.5. The van der Waals surface area contributed by atoms with Crippen LogP contribution in [0.25, 0.3) is 11.2 Å². The number of aromatic amines is 1. The first-order valence-electron chi connectivity index (χ1n) is 10.9. The number of aryl methyl sites for hydroxylation is 1. The third kappa shape index (κ3) is 2.70. The molecule has 0 fully saturated rings. The Hall–Kier alpha value is -4.19. The van der Waals surface area contributed by atoms with Gasteiger partial charge in [-0.05, 0) is 33.4 Å². The van der Waals surface area contributed by atoms with Gasteiger partial charge in [0.25, 0.3) is 5.56 Å². The summed E-state index contributed by atoms with van der Waals surface area (Å²) in [6, 6.07) is 26.9. The van der Waals surface area contributed by atoms with Crippen molar-refractivity contribution < 1.29 is 0 Å². The van der Waals surface area contributed by atoms with E-state index >= 15 is 0 Å². The van der Waals surface area contributed by atoms with Crippen LogP contribution in [0.5, 0.6) is 0 Å². The highest BCUT2D eigenvalue weighted by Gasteiger charge is 2.40. The number of nitrogens with one attached hydrogen (secondary N) is 1. The van der Waals surface area contributed by atoms with E-state index in [1.807, 2.05) is 0 Å². The molecule has 2 bridgehead atoms. The molecule has 3 aliphatic rings. The molecule has 1 N–H and O–H groups in total. The molecule has 5 aromatic rings. The van der Waals surface area contributed by atoms with Crippen molar-refractivity contribution in [3.63, 3.8) is 0 Å². The Kier molecular flexibility index (Phi) is 4.23. The molecule has 0 aliphatic heterocycles. The maximum atomic E-state index is 11.4. The molecule has 33 heavy (non-hydrogen) atoms. The van der Waals surface area contributed by atoms with Crippen LogP contribution in [-0.2, 0) is 14.1 Å². The Morgan fingerprint density at radius 3 is 1.45 bits per heavy atom. The van der Waals surface area contributed by atoms with Gasteiger partial charge in [-0.2, -0.15) is 0 Å². The molecule has 6 heteroatoms. The normalized spacial score (nSPS) is 17.0. The SMILES string of the molecule is Cn1c(=O)c2[nH]cnc2n(C)c1=O.c1ccc2c(c1)C1c3ccccc3C2c2ccccc21. The predicted octanol–water partition coefficient (Wildman–Crippen LogP) is 3.63. The summed E-state index contributed by atoms with van der Waals surface area (Å²) in [5, 5.41) is 0. The van der Waals surface area contributed by atoms with Gasteiger partial charge in [-0.15, -0.1) is 0 Å². The van der Waals surface area contributed by atoms with Crippen LogP contribution >= 0.6 is 0 Å². The van der Waals surface area contributed by atoms with Crippen molar-refractivity contribution in [3.8, 4) is 0 Å². The van der Waals surface area contributed by atoms with Gasteiger partial charge >= 0.3 is 5.69 Å². The fraction of sp³-hybridized carbons (Fsp3) is 0.148. The zero-order valence-electron chi connectivity index (χ0n) is 18.3. The van der Waals surface area contributed by atoms with Gasteiger partial charge in [-0.1, -0.05) is 72.8 Å². The quantitative estimate of drug-likeness (QED) is 0.396. The zero-order chi connectivity index (χ0) is 22.7. The first-order valence-corrected chi connectivity index (χ1v) is 10.9. The fourth-order valence-corrected chi connectivity index (χ4v) is 5.38. The molecule has 0 unspecified atom stereocenters. The van der Waals surface area contributed by atoms with Crippen molar-refractivity contribution in [2.24, 2.45) is 14.1 Å². The molecule has 0 saturated heterocycles. The van der Waals surface area contributed by atoms with E-state index in [1.165, 1.54) is 51.3 Å². The monoisotopic (exact) mass is 434 g/mol. The standard InChI is InChI=1S/C20H14.C7H8N4O2/c1-2-8-14-13(7-1)19-15-9-3-5-11-17(15)20(14)18-12-6-4-10-16(18)19;1-10-5-4(8-3-9-5)6(12)11(2)7(10)13/h1-12,19-20H;3H,1-2H3,(H,8,9). The van der Waals surface area contributed by atoms with Gasteiger partial charge in [0.15, 0.2) is 5.65 Å². The van der Waals surface area contributed by atoms with E-state index in [0.29, 0.717) is 23.0 Å². The van der Waals surface area contributed by atoms with Crippen LogP contribution in [0.4, 0.5) is 0 Å². The summed E-state index contributed by atoms with van der Waals surface area (Å²) in [7, 11) is 3.01. The van der Waals surface area contributed by atoms with Gasteiger partial charge in [0.2, 0.25) is 0 Å². The molecule has 0 spiro atoms. The molecule has 2 heterocycles. The number of hydrogen-bond acceptors (Lipinski definition) is 3. The molecule has 2 aromatic heterocycles. The Labute approximate surface area is 189 Å². The number of benzene rings is 3. The first-order chi connectivity index (χ1) is 16.1. The van der Waals surface area contributed by atoms with Crippen molar-refractivity contribution in [3.05, 3.63) is 133 Å². The topological polar surface area (TPSA) is 72.7 Å². The van der Waals surface area contributed by atoms with E-state index in [4.69, 9.17) is 0 Å². The molecule has 3 aliphatic carbocycles. The molecule has 162 valence electrons. The number of H-pyrrole nitrogens is 1. The third-order valence-corrected chi connectivity index (χ3v) is 6.88. The highest BCUT2D eigenvalue weighted by atomic mass is 16.2. The number of imidazole rings is 1. The highest BCUT2D eigenvalue weighted by molar-refractivity contribution is 5.69. The van der Waals surface area contributed by atoms with Crippen molar-refractivity contribution in [2.45, 2.75) is 11.8 Å². The number of aromatic nitrogens is 4. The Morgan fingerprint density at radius 1 is 0.667 bits per heavy atom. The van der Waals surface area contributed by atoms with Crippen LogP contribution in [-0.4, -0.2) is 19.1 Å². The molecular formula is C27H22N4O2. The summed E-state index contributed by atoms with van der Waals surface area (Å²) in [5.74, 6) is 0.840. The summed E-state index contributed by atoms with van der Waals surface area (Å²) >= 11 is 0. The van der Waals surface area contributed by atoms with Crippen LogP contribution in [0.3, 0.4) is 0 Å². The van der Waals surface area contributed by atoms with E-state index in [1.54, 1.807) is 7.05 Å². The minimum atomic E-state index is -0.371. The minimum Gasteiger partial charge on any atom is -0.339 e. The van der Waals surface area contributed by atoms with Crippen molar-refractivity contribution in [1.29, 1.82) is 0 Å². The van der Waals surface area contributed by atoms with Gasteiger partial charge in [0.1, 0.15) is 5.52 Å². The number of hydrogen-bond donors (Lipinski definition) is 1. The molecule has 8 rings (SSSR count). The highest BCUT2D eigenvalue weighted by Crippen LogP contribution is 2.55. The number of nitrogens with zero attached hydrogens (tertiary/aromatic N) is 3. The van der Waals surface area contributed by atoms with Crippen LogP contribution < -0.4 is 11.2 Å². The second kappa shape index (κ2) is 7.17. The van der Waals surface area contributed by atoms with E-state index in [9.17, 15) is 9.59 Å².